The molecule has 0 bridgehead atoms. The molecule has 0 aliphatic heterocycles. The zero-order valence-corrected chi connectivity index (χ0v) is 52.4. The lowest BCUT2D eigenvalue weighted by Crippen LogP contribution is -2.16. The standard InChI is InChI=1S/C61H124O22/c1-2-3-4-5-6-7-8-9-10-11-12-13-14-15-16-17-18-20-63-22-24-65-26-28-67-30-32-69-34-36-71-38-40-73-42-44-75-46-48-77-50-52-79-54-56-81-58-60-83-61-59-82-57-55-80-53-51-78-49-47-76-45-43-74-41-39-72-37-35-70-33-31-68-29-27-66-25-23-64-21-19-62/h62H,2-61H2,1H3. The summed E-state index contributed by atoms with van der Waals surface area (Å²) >= 11 is 0. The molecule has 0 unspecified atom stereocenters. The van der Waals surface area contributed by atoms with Crippen LogP contribution in [0, 0.1) is 0 Å². The lowest BCUT2D eigenvalue weighted by molar-refractivity contribution is -0.0316. The summed E-state index contributed by atoms with van der Waals surface area (Å²) < 4.78 is 116. The molecule has 0 amide bonds. The molecular formula is C61H124O22. The Morgan fingerprint density at radius 1 is 0.133 bits per heavy atom. The second-order valence-corrected chi connectivity index (χ2v) is 19.2. The molecule has 0 fully saturated rings. The number of hydrogen-bond donors (Lipinski definition) is 1. The fourth-order valence-corrected chi connectivity index (χ4v) is 7.49. The SMILES string of the molecule is CCCCCCCCCCCCCCCCCCCOCCOCCOCCOCCOCCOCCOCCOCCOCCOCCOCCOCCOCCOCCOCCOCCOCCOCCOCCOCCOCCO. The molecule has 0 aromatic rings. The van der Waals surface area contributed by atoms with E-state index in [-0.39, 0.29) is 6.61 Å². The van der Waals surface area contributed by atoms with Crippen molar-refractivity contribution >= 4 is 0 Å². The van der Waals surface area contributed by atoms with Crippen molar-refractivity contribution in [2.75, 3.05) is 284 Å². The van der Waals surface area contributed by atoms with Crippen LogP contribution in [0.3, 0.4) is 0 Å². The lowest BCUT2D eigenvalue weighted by Gasteiger charge is -2.09. The number of hydrogen-bond acceptors (Lipinski definition) is 22. The summed E-state index contributed by atoms with van der Waals surface area (Å²) in [5.74, 6) is 0. The third kappa shape index (κ3) is 81.1. The smallest absolute Gasteiger partial charge is 0.0701 e. The number of rotatable bonds is 80. The second kappa shape index (κ2) is 81.1. The van der Waals surface area contributed by atoms with E-state index in [0.29, 0.717) is 271 Å². The van der Waals surface area contributed by atoms with E-state index in [0.717, 1.165) is 13.0 Å². The molecular weight excluding hydrogens is 1080 g/mol. The summed E-state index contributed by atoms with van der Waals surface area (Å²) in [4.78, 5) is 0. The zero-order valence-electron chi connectivity index (χ0n) is 52.4. The van der Waals surface area contributed by atoms with Gasteiger partial charge < -0.3 is 105 Å². The average molecular weight is 1210 g/mol. The van der Waals surface area contributed by atoms with E-state index in [2.05, 4.69) is 6.92 Å². The minimum Gasteiger partial charge on any atom is -0.394 e. The number of aliphatic hydroxyl groups excluding tert-OH is 1. The van der Waals surface area contributed by atoms with Gasteiger partial charge in [0.1, 0.15) is 0 Å². The summed E-state index contributed by atoms with van der Waals surface area (Å²) in [6, 6.07) is 0. The van der Waals surface area contributed by atoms with Gasteiger partial charge in [-0.05, 0) is 6.42 Å². The van der Waals surface area contributed by atoms with Gasteiger partial charge in [0.15, 0.2) is 0 Å². The van der Waals surface area contributed by atoms with Crippen molar-refractivity contribution < 1.29 is 105 Å². The Hall–Kier alpha value is -0.880. The molecule has 1 N–H and O–H groups in total. The Labute approximate surface area is 503 Å². The van der Waals surface area contributed by atoms with Crippen LogP contribution in [0.2, 0.25) is 0 Å². The lowest BCUT2D eigenvalue weighted by atomic mass is 10.0. The van der Waals surface area contributed by atoms with Gasteiger partial charge in [0, 0.05) is 6.61 Å². The van der Waals surface area contributed by atoms with E-state index in [1.54, 1.807) is 0 Å². The third-order valence-electron chi connectivity index (χ3n) is 12.1. The Kier molecular flexibility index (Phi) is 80.3. The van der Waals surface area contributed by atoms with Crippen LogP contribution < -0.4 is 0 Å². The van der Waals surface area contributed by atoms with Gasteiger partial charge in [-0.1, -0.05) is 110 Å². The first-order valence-electron chi connectivity index (χ1n) is 32.1. The van der Waals surface area contributed by atoms with Gasteiger partial charge in [-0.2, -0.15) is 0 Å². The normalized spacial score (nSPS) is 11.8. The largest absolute Gasteiger partial charge is 0.394 e. The average Bonchev–Trinajstić information content (AvgIpc) is 3.49. The maximum atomic E-state index is 8.61. The molecule has 0 rings (SSSR count). The van der Waals surface area contributed by atoms with E-state index in [1.165, 1.54) is 103 Å². The summed E-state index contributed by atoms with van der Waals surface area (Å²) in [5.41, 5.74) is 0. The Morgan fingerprint density at radius 2 is 0.241 bits per heavy atom. The van der Waals surface area contributed by atoms with Crippen molar-refractivity contribution in [2.24, 2.45) is 0 Å². The molecule has 83 heavy (non-hydrogen) atoms. The van der Waals surface area contributed by atoms with Crippen molar-refractivity contribution in [2.45, 2.75) is 116 Å². The topological polar surface area (TPSA) is 214 Å². The van der Waals surface area contributed by atoms with Crippen LogP contribution in [-0.2, 0) is 99.5 Å². The van der Waals surface area contributed by atoms with Gasteiger partial charge in [-0.25, -0.2) is 0 Å². The Balaban J connectivity index is 3.08. The van der Waals surface area contributed by atoms with Crippen molar-refractivity contribution in [3.8, 4) is 0 Å². The summed E-state index contributed by atoms with van der Waals surface area (Å²) in [7, 11) is 0. The summed E-state index contributed by atoms with van der Waals surface area (Å²) in [5, 5.41) is 8.61. The predicted octanol–water partition coefficient (Wildman–Crippen LogP) is 6.98. The quantitative estimate of drug-likeness (QED) is 0.0608. The molecule has 500 valence electrons. The zero-order chi connectivity index (χ0) is 59.3. The van der Waals surface area contributed by atoms with Gasteiger partial charge in [-0.15, -0.1) is 0 Å². The van der Waals surface area contributed by atoms with Crippen molar-refractivity contribution in [1.29, 1.82) is 0 Å². The second-order valence-electron chi connectivity index (χ2n) is 19.2. The first-order chi connectivity index (χ1) is 41.4. The van der Waals surface area contributed by atoms with Crippen molar-refractivity contribution in [3.63, 3.8) is 0 Å². The van der Waals surface area contributed by atoms with Crippen LogP contribution in [0.5, 0.6) is 0 Å². The van der Waals surface area contributed by atoms with Crippen LogP contribution in [0.4, 0.5) is 0 Å². The van der Waals surface area contributed by atoms with Crippen LogP contribution in [0.1, 0.15) is 116 Å². The van der Waals surface area contributed by atoms with Crippen LogP contribution in [-0.4, -0.2) is 289 Å². The molecule has 0 saturated heterocycles. The first kappa shape index (κ1) is 82.1. The van der Waals surface area contributed by atoms with E-state index in [1.807, 2.05) is 0 Å². The molecule has 0 aliphatic carbocycles. The molecule has 0 radical (unpaired) electrons. The van der Waals surface area contributed by atoms with Crippen molar-refractivity contribution in [1.82, 2.24) is 0 Å². The highest BCUT2D eigenvalue weighted by Crippen LogP contribution is 2.14. The maximum Gasteiger partial charge on any atom is 0.0701 e. The fourth-order valence-electron chi connectivity index (χ4n) is 7.49. The van der Waals surface area contributed by atoms with Gasteiger partial charge in [0.2, 0.25) is 0 Å². The predicted molar refractivity (Wildman–Crippen MR) is 318 cm³/mol. The van der Waals surface area contributed by atoms with E-state index in [9.17, 15) is 0 Å². The molecule has 0 aromatic heterocycles. The molecule has 0 saturated carbocycles. The Morgan fingerprint density at radius 3 is 0.373 bits per heavy atom. The highest BCUT2D eigenvalue weighted by atomic mass is 16.6. The summed E-state index contributed by atoms with van der Waals surface area (Å²) in [6.07, 6.45) is 23.6. The van der Waals surface area contributed by atoms with Gasteiger partial charge >= 0.3 is 0 Å². The van der Waals surface area contributed by atoms with E-state index >= 15 is 0 Å². The van der Waals surface area contributed by atoms with Gasteiger partial charge in [0.25, 0.3) is 0 Å². The number of ether oxygens (including phenoxy) is 21. The summed E-state index contributed by atoms with van der Waals surface area (Å²) in [6.45, 7) is 23.7. The van der Waals surface area contributed by atoms with E-state index < -0.39 is 0 Å². The van der Waals surface area contributed by atoms with E-state index in [4.69, 9.17) is 105 Å². The number of aliphatic hydroxyl groups is 1. The van der Waals surface area contributed by atoms with Gasteiger partial charge in [0.05, 0.1) is 277 Å². The molecule has 0 spiro atoms. The number of unbranched alkanes of at least 4 members (excludes halogenated alkanes) is 16. The maximum absolute atomic E-state index is 8.61. The molecule has 0 heterocycles. The van der Waals surface area contributed by atoms with Gasteiger partial charge in [-0.3, -0.25) is 0 Å². The highest BCUT2D eigenvalue weighted by Gasteiger charge is 2.01. The highest BCUT2D eigenvalue weighted by molar-refractivity contribution is 4.51. The molecule has 0 aromatic carbocycles. The first-order valence-corrected chi connectivity index (χ1v) is 32.1. The third-order valence-corrected chi connectivity index (χ3v) is 12.1. The monoisotopic (exact) mass is 1210 g/mol. The molecule has 22 nitrogen and oxygen atoms in total. The van der Waals surface area contributed by atoms with Crippen LogP contribution in [0.15, 0.2) is 0 Å². The molecule has 0 atom stereocenters. The van der Waals surface area contributed by atoms with Crippen LogP contribution >= 0.6 is 0 Å². The fraction of sp³-hybridized carbons (Fsp3) is 1.00. The molecule has 0 aliphatic rings. The van der Waals surface area contributed by atoms with Crippen LogP contribution in [0.25, 0.3) is 0 Å². The Bertz CT molecular complexity index is 1020. The minimum absolute atomic E-state index is 0.0197. The molecule has 22 heteroatoms. The van der Waals surface area contributed by atoms with Crippen molar-refractivity contribution in [3.05, 3.63) is 0 Å². The minimum atomic E-state index is 0.0197.